The van der Waals surface area contributed by atoms with Gasteiger partial charge in [-0.25, -0.2) is 4.39 Å². The fraction of sp³-hybridized carbons (Fsp3) is 0.462. The summed E-state index contributed by atoms with van der Waals surface area (Å²) in [5.74, 6) is 1.10. The molecule has 1 aliphatic heterocycles. The highest BCUT2D eigenvalue weighted by atomic mass is 19.1. The molecule has 1 saturated carbocycles. The molecule has 2 aromatic rings. The summed E-state index contributed by atoms with van der Waals surface area (Å²) in [5, 5.41) is 6.70. The van der Waals surface area contributed by atoms with Gasteiger partial charge in [0.25, 0.3) is 0 Å². The van der Waals surface area contributed by atoms with E-state index < -0.39 is 0 Å². The van der Waals surface area contributed by atoms with Crippen molar-refractivity contribution >= 4 is 11.9 Å². The maximum absolute atomic E-state index is 14.3. The smallest absolute Gasteiger partial charge is 0.223 e. The second-order valence-corrected chi connectivity index (χ2v) is 8.98. The van der Waals surface area contributed by atoms with E-state index in [1.807, 2.05) is 42.2 Å². The van der Waals surface area contributed by atoms with Gasteiger partial charge in [0.15, 0.2) is 5.96 Å². The third-order valence-corrected chi connectivity index (χ3v) is 6.55. The molecule has 32 heavy (non-hydrogen) atoms. The van der Waals surface area contributed by atoms with Crippen LogP contribution in [0.5, 0.6) is 0 Å². The van der Waals surface area contributed by atoms with Gasteiger partial charge in [0.1, 0.15) is 5.82 Å². The van der Waals surface area contributed by atoms with Gasteiger partial charge in [0, 0.05) is 43.9 Å². The summed E-state index contributed by atoms with van der Waals surface area (Å²) in [6.45, 7) is 5.59. The zero-order chi connectivity index (χ0) is 22.4. The Labute approximate surface area is 190 Å². The van der Waals surface area contributed by atoms with Crippen molar-refractivity contribution in [1.82, 2.24) is 15.5 Å². The normalized spacial score (nSPS) is 19.8. The van der Waals surface area contributed by atoms with E-state index in [4.69, 9.17) is 4.99 Å². The summed E-state index contributed by atoms with van der Waals surface area (Å²) in [6, 6.07) is 17.3. The molecule has 1 heterocycles. The van der Waals surface area contributed by atoms with Crippen LogP contribution in [0.25, 0.3) is 0 Å². The number of amides is 1. The fourth-order valence-electron chi connectivity index (χ4n) is 4.48. The van der Waals surface area contributed by atoms with Gasteiger partial charge in [-0.2, -0.15) is 0 Å². The SMILES string of the molecule is CCNC(=NCC1(c2ccccc2F)CC1)NCC1CC(=O)N(CCc2ccccc2)C1. The third-order valence-electron chi connectivity index (χ3n) is 6.55. The van der Waals surface area contributed by atoms with Gasteiger partial charge >= 0.3 is 0 Å². The van der Waals surface area contributed by atoms with E-state index in [1.54, 1.807) is 6.07 Å². The summed E-state index contributed by atoms with van der Waals surface area (Å²) >= 11 is 0. The number of hydrogen-bond acceptors (Lipinski definition) is 2. The van der Waals surface area contributed by atoms with E-state index in [0.29, 0.717) is 19.5 Å². The van der Waals surface area contributed by atoms with Crippen LogP contribution in [0.1, 0.15) is 37.3 Å². The molecule has 2 fully saturated rings. The van der Waals surface area contributed by atoms with Crippen LogP contribution in [0.15, 0.2) is 59.6 Å². The molecule has 2 N–H and O–H groups in total. The second kappa shape index (κ2) is 10.2. The molecule has 0 bridgehead atoms. The number of rotatable bonds is 9. The molecule has 5 nitrogen and oxygen atoms in total. The Kier molecular flexibility index (Phi) is 7.08. The standard InChI is InChI=1S/C26H33FN4O/c1-2-28-25(30-19-26(13-14-26)22-10-6-7-11-23(22)27)29-17-21-16-24(32)31(18-21)15-12-20-8-4-3-5-9-20/h3-11,21H,2,12-19H2,1H3,(H2,28,29,30). The molecule has 6 heteroatoms. The number of hydrogen-bond donors (Lipinski definition) is 2. The lowest BCUT2D eigenvalue weighted by molar-refractivity contribution is -0.127. The Morgan fingerprint density at radius 2 is 1.88 bits per heavy atom. The molecule has 0 radical (unpaired) electrons. The first-order valence-electron chi connectivity index (χ1n) is 11.7. The van der Waals surface area contributed by atoms with E-state index in [2.05, 4.69) is 22.8 Å². The Bertz CT molecular complexity index is 942. The molecule has 1 unspecified atom stereocenters. The van der Waals surface area contributed by atoms with Gasteiger partial charge in [0.05, 0.1) is 6.54 Å². The van der Waals surface area contributed by atoms with Crippen LogP contribution < -0.4 is 10.6 Å². The van der Waals surface area contributed by atoms with Crippen molar-refractivity contribution in [2.45, 2.75) is 38.0 Å². The molecule has 4 rings (SSSR count). The van der Waals surface area contributed by atoms with Crippen molar-refractivity contribution in [1.29, 1.82) is 0 Å². The summed E-state index contributed by atoms with van der Waals surface area (Å²) in [4.78, 5) is 19.2. The number of halogens is 1. The first-order chi connectivity index (χ1) is 15.6. The summed E-state index contributed by atoms with van der Waals surface area (Å²) in [5.41, 5.74) is 1.85. The maximum atomic E-state index is 14.3. The quantitative estimate of drug-likeness (QED) is 0.467. The molecule has 0 aromatic heterocycles. The fourth-order valence-corrected chi connectivity index (χ4v) is 4.48. The highest BCUT2D eigenvalue weighted by molar-refractivity contribution is 5.81. The molecule has 1 aliphatic carbocycles. The van der Waals surface area contributed by atoms with Crippen molar-refractivity contribution in [3.63, 3.8) is 0 Å². The number of likely N-dealkylation sites (tertiary alicyclic amines) is 1. The first-order valence-corrected chi connectivity index (χ1v) is 11.7. The maximum Gasteiger partial charge on any atom is 0.223 e. The predicted octanol–water partition coefficient (Wildman–Crippen LogP) is 3.50. The zero-order valence-corrected chi connectivity index (χ0v) is 18.8. The van der Waals surface area contributed by atoms with Gasteiger partial charge in [-0.05, 0) is 43.4 Å². The van der Waals surface area contributed by atoms with Gasteiger partial charge in [-0.3, -0.25) is 9.79 Å². The molecule has 1 amide bonds. The third kappa shape index (κ3) is 5.47. The van der Waals surface area contributed by atoms with E-state index in [1.165, 1.54) is 11.6 Å². The molecular formula is C26H33FN4O. The number of carbonyl (C=O) groups excluding carboxylic acids is 1. The molecular weight excluding hydrogens is 403 g/mol. The number of guanidine groups is 1. The van der Waals surface area contributed by atoms with Gasteiger partial charge in [-0.1, -0.05) is 48.5 Å². The van der Waals surface area contributed by atoms with Gasteiger partial charge < -0.3 is 15.5 Å². The first kappa shape index (κ1) is 22.3. The van der Waals surface area contributed by atoms with E-state index in [9.17, 15) is 9.18 Å². The minimum Gasteiger partial charge on any atom is -0.357 e. The summed E-state index contributed by atoms with van der Waals surface area (Å²) < 4.78 is 14.3. The van der Waals surface area contributed by atoms with Crippen LogP contribution >= 0.6 is 0 Å². The van der Waals surface area contributed by atoms with Crippen LogP contribution in [-0.2, 0) is 16.6 Å². The number of benzene rings is 2. The highest BCUT2D eigenvalue weighted by Gasteiger charge is 2.45. The second-order valence-electron chi connectivity index (χ2n) is 8.98. The van der Waals surface area contributed by atoms with E-state index in [-0.39, 0.29) is 23.1 Å². The van der Waals surface area contributed by atoms with Crippen LogP contribution in [0.4, 0.5) is 4.39 Å². The van der Waals surface area contributed by atoms with Crippen LogP contribution in [0, 0.1) is 11.7 Å². The average molecular weight is 437 g/mol. The van der Waals surface area contributed by atoms with Gasteiger partial charge in [0.2, 0.25) is 5.91 Å². The van der Waals surface area contributed by atoms with Crippen molar-refractivity contribution in [3.8, 4) is 0 Å². The molecule has 2 aromatic carbocycles. The van der Waals surface area contributed by atoms with E-state index in [0.717, 1.165) is 50.4 Å². The Morgan fingerprint density at radius 1 is 1.12 bits per heavy atom. The lowest BCUT2D eigenvalue weighted by Gasteiger charge is -2.19. The summed E-state index contributed by atoms with van der Waals surface area (Å²) in [6.07, 6.45) is 3.38. The lowest BCUT2D eigenvalue weighted by atomic mass is 9.95. The van der Waals surface area contributed by atoms with Crippen molar-refractivity contribution in [2.24, 2.45) is 10.9 Å². The average Bonchev–Trinajstić information content (AvgIpc) is 3.51. The van der Waals surface area contributed by atoms with Gasteiger partial charge in [-0.15, -0.1) is 0 Å². The number of nitrogens with one attached hydrogen (secondary N) is 2. The minimum atomic E-state index is -0.175. The summed E-state index contributed by atoms with van der Waals surface area (Å²) in [7, 11) is 0. The molecule has 0 spiro atoms. The number of nitrogens with zero attached hydrogens (tertiary/aromatic N) is 2. The Morgan fingerprint density at radius 3 is 2.59 bits per heavy atom. The molecule has 2 aliphatic rings. The molecule has 170 valence electrons. The molecule has 1 saturated heterocycles. The van der Waals surface area contributed by atoms with Crippen LogP contribution in [-0.4, -0.2) is 49.5 Å². The van der Waals surface area contributed by atoms with Crippen LogP contribution in [0.2, 0.25) is 0 Å². The largest absolute Gasteiger partial charge is 0.357 e. The zero-order valence-electron chi connectivity index (χ0n) is 18.8. The molecule has 1 atom stereocenters. The van der Waals surface area contributed by atoms with Crippen molar-refractivity contribution < 1.29 is 9.18 Å². The Hall–Kier alpha value is -2.89. The van der Waals surface area contributed by atoms with E-state index >= 15 is 0 Å². The number of carbonyl (C=O) groups is 1. The van der Waals surface area contributed by atoms with Crippen molar-refractivity contribution in [3.05, 3.63) is 71.5 Å². The predicted molar refractivity (Wildman–Crippen MR) is 126 cm³/mol. The lowest BCUT2D eigenvalue weighted by Crippen LogP contribution is -2.41. The van der Waals surface area contributed by atoms with Crippen molar-refractivity contribution in [2.75, 3.05) is 32.7 Å². The van der Waals surface area contributed by atoms with Crippen LogP contribution in [0.3, 0.4) is 0 Å². The highest BCUT2D eigenvalue weighted by Crippen LogP contribution is 2.49. The Balaban J connectivity index is 1.29. The monoisotopic (exact) mass is 436 g/mol. The minimum absolute atomic E-state index is 0.141. The topological polar surface area (TPSA) is 56.7 Å². The number of aliphatic imine (C=N–C) groups is 1.